The highest BCUT2D eigenvalue weighted by Gasteiger charge is 2.23. The molecule has 2 aromatic carbocycles. The lowest BCUT2D eigenvalue weighted by atomic mass is 10.0. The maximum Gasteiger partial charge on any atom is 0.253 e. The minimum atomic E-state index is 0.0104. The van der Waals surface area contributed by atoms with Crippen LogP contribution in [0.1, 0.15) is 10.4 Å². The number of carbonyl (C=O) groups is 2. The van der Waals surface area contributed by atoms with Crippen molar-refractivity contribution >= 4 is 11.8 Å². The molecule has 0 aromatic heterocycles. The first kappa shape index (κ1) is 17.2. The van der Waals surface area contributed by atoms with Gasteiger partial charge in [0.1, 0.15) is 0 Å². The van der Waals surface area contributed by atoms with Gasteiger partial charge < -0.3 is 10.2 Å². The van der Waals surface area contributed by atoms with Crippen molar-refractivity contribution in [3.63, 3.8) is 0 Å². The van der Waals surface area contributed by atoms with E-state index < -0.39 is 0 Å². The SMILES string of the molecule is CNC(=O)CN1CCN(C(=O)c2ccc(-c3ccccc3)cc2)CC1. The highest BCUT2D eigenvalue weighted by atomic mass is 16.2. The number of nitrogens with zero attached hydrogens (tertiary/aromatic N) is 2. The first-order chi connectivity index (χ1) is 12.2. The molecular weight excluding hydrogens is 314 g/mol. The van der Waals surface area contributed by atoms with Crippen LogP contribution in [0.5, 0.6) is 0 Å². The number of nitrogens with one attached hydrogen (secondary N) is 1. The fraction of sp³-hybridized carbons (Fsp3) is 0.300. The molecule has 0 bridgehead atoms. The number of carbonyl (C=O) groups excluding carboxylic acids is 2. The molecule has 0 unspecified atom stereocenters. The van der Waals surface area contributed by atoms with Crippen molar-refractivity contribution < 1.29 is 9.59 Å². The predicted octanol–water partition coefficient (Wildman–Crippen LogP) is 1.86. The smallest absolute Gasteiger partial charge is 0.253 e. The molecule has 2 amide bonds. The molecule has 130 valence electrons. The van der Waals surface area contributed by atoms with Gasteiger partial charge in [-0.2, -0.15) is 0 Å². The second-order valence-electron chi connectivity index (χ2n) is 6.18. The van der Waals surface area contributed by atoms with E-state index in [1.807, 2.05) is 47.4 Å². The van der Waals surface area contributed by atoms with Gasteiger partial charge in [0.2, 0.25) is 5.91 Å². The van der Waals surface area contributed by atoms with E-state index in [0.717, 1.165) is 24.2 Å². The predicted molar refractivity (Wildman–Crippen MR) is 98.3 cm³/mol. The van der Waals surface area contributed by atoms with Crippen LogP contribution in [-0.4, -0.2) is 61.4 Å². The summed E-state index contributed by atoms with van der Waals surface area (Å²) in [5, 5.41) is 2.63. The molecule has 1 N–H and O–H groups in total. The Kier molecular flexibility index (Phi) is 5.46. The van der Waals surface area contributed by atoms with E-state index in [1.54, 1.807) is 7.05 Å². The molecule has 1 heterocycles. The number of hydrogen-bond donors (Lipinski definition) is 1. The second kappa shape index (κ2) is 7.94. The average Bonchev–Trinajstić information content (AvgIpc) is 2.69. The lowest BCUT2D eigenvalue weighted by Gasteiger charge is -2.34. The van der Waals surface area contributed by atoms with E-state index in [9.17, 15) is 9.59 Å². The fourth-order valence-corrected chi connectivity index (χ4v) is 3.01. The summed E-state index contributed by atoms with van der Waals surface area (Å²) in [6.45, 7) is 3.14. The molecule has 0 radical (unpaired) electrons. The molecule has 1 fully saturated rings. The van der Waals surface area contributed by atoms with E-state index in [1.165, 1.54) is 0 Å². The molecule has 1 saturated heterocycles. The van der Waals surface area contributed by atoms with Gasteiger partial charge in [0.25, 0.3) is 5.91 Å². The van der Waals surface area contributed by atoms with Crippen molar-refractivity contribution in [1.29, 1.82) is 0 Å². The molecule has 5 nitrogen and oxygen atoms in total. The molecule has 0 spiro atoms. The molecule has 0 atom stereocenters. The van der Waals surface area contributed by atoms with Crippen LogP contribution in [0.3, 0.4) is 0 Å². The Bertz CT molecular complexity index is 720. The van der Waals surface area contributed by atoms with Gasteiger partial charge in [0.05, 0.1) is 6.54 Å². The van der Waals surface area contributed by atoms with Crippen molar-refractivity contribution in [3.05, 3.63) is 60.2 Å². The van der Waals surface area contributed by atoms with E-state index in [0.29, 0.717) is 25.2 Å². The van der Waals surface area contributed by atoms with Crippen LogP contribution in [0.4, 0.5) is 0 Å². The van der Waals surface area contributed by atoms with Gasteiger partial charge >= 0.3 is 0 Å². The zero-order chi connectivity index (χ0) is 17.6. The number of benzene rings is 2. The Morgan fingerprint density at radius 2 is 1.48 bits per heavy atom. The lowest BCUT2D eigenvalue weighted by Crippen LogP contribution is -2.50. The highest BCUT2D eigenvalue weighted by molar-refractivity contribution is 5.94. The largest absolute Gasteiger partial charge is 0.358 e. The summed E-state index contributed by atoms with van der Waals surface area (Å²) in [5.74, 6) is 0.0653. The van der Waals surface area contributed by atoms with Crippen LogP contribution in [-0.2, 0) is 4.79 Å². The first-order valence-electron chi connectivity index (χ1n) is 8.55. The Labute approximate surface area is 148 Å². The minimum Gasteiger partial charge on any atom is -0.358 e. The summed E-state index contributed by atoms with van der Waals surface area (Å²) in [7, 11) is 1.64. The van der Waals surface area contributed by atoms with E-state index >= 15 is 0 Å². The summed E-state index contributed by atoms with van der Waals surface area (Å²) in [4.78, 5) is 28.0. The van der Waals surface area contributed by atoms with Crippen LogP contribution < -0.4 is 5.32 Å². The average molecular weight is 337 g/mol. The summed E-state index contributed by atoms with van der Waals surface area (Å²) >= 11 is 0. The van der Waals surface area contributed by atoms with Gasteiger partial charge in [0.15, 0.2) is 0 Å². The van der Waals surface area contributed by atoms with Crippen LogP contribution in [0, 0.1) is 0 Å². The van der Waals surface area contributed by atoms with Gasteiger partial charge in [-0.15, -0.1) is 0 Å². The Hall–Kier alpha value is -2.66. The number of piperazine rings is 1. The van der Waals surface area contributed by atoms with Gasteiger partial charge in [0, 0.05) is 38.8 Å². The molecule has 25 heavy (non-hydrogen) atoms. The summed E-state index contributed by atoms with van der Waals surface area (Å²) in [6.07, 6.45) is 0. The molecule has 1 aliphatic rings. The third-order valence-electron chi connectivity index (χ3n) is 4.54. The number of rotatable bonds is 4. The fourth-order valence-electron chi connectivity index (χ4n) is 3.01. The molecule has 3 rings (SSSR count). The molecule has 2 aromatic rings. The number of amides is 2. The zero-order valence-corrected chi connectivity index (χ0v) is 14.4. The molecule has 1 aliphatic heterocycles. The standard InChI is InChI=1S/C20H23N3O2/c1-21-19(24)15-22-11-13-23(14-12-22)20(25)18-9-7-17(8-10-18)16-5-3-2-4-6-16/h2-10H,11-15H2,1H3,(H,21,24). The summed E-state index contributed by atoms with van der Waals surface area (Å²) in [5.41, 5.74) is 2.95. The van der Waals surface area contributed by atoms with Crippen molar-refractivity contribution in [3.8, 4) is 11.1 Å². The molecular formula is C20H23N3O2. The zero-order valence-electron chi connectivity index (χ0n) is 14.4. The van der Waals surface area contributed by atoms with Gasteiger partial charge in [-0.05, 0) is 23.3 Å². The van der Waals surface area contributed by atoms with E-state index in [4.69, 9.17) is 0 Å². The summed E-state index contributed by atoms with van der Waals surface area (Å²) < 4.78 is 0. The van der Waals surface area contributed by atoms with Crippen LogP contribution in [0.15, 0.2) is 54.6 Å². The van der Waals surface area contributed by atoms with Gasteiger partial charge in [-0.25, -0.2) is 0 Å². The van der Waals surface area contributed by atoms with Crippen molar-refractivity contribution in [2.45, 2.75) is 0 Å². The second-order valence-corrected chi connectivity index (χ2v) is 6.18. The Morgan fingerprint density at radius 1 is 0.880 bits per heavy atom. The minimum absolute atomic E-state index is 0.0104. The highest BCUT2D eigenvalue weighted by Crippen LogP contribution is 2.20. The normalized spacial score (nSPS) is 15.0. The Balaban J connectivity index is 1.59. The van der Waals surface area contributed by atoms with Crippen LogP contribution in [0.25, 0.3) is 11.1 Å². The summed E-state index contributed by atoms with van der Waals surface area (Å²) in [6, 6.07) is 17.9. The maximum absolute atomic E-state index is 12.7. The number of hydrogen-bond acceptors (Lipinski definition) is 3. The lowest BCUT2D eigenvalue weighted by molar-refractivity contribution is -0.122. The third kappa shape index (κ3) is 4.25. The Morgan fingerprint density at radius 3 is 2.08 bits per heavy atom. The quantitative estimate of drug-likeness (QED) is 0.926. The molecule has 0 saturated carbocycles. The van der Waals surface area contributed by atoms with Crippen LogP contribution in [0.2, 0.25) is 0 Å². The molecule has 0 aliphatic carbocycles. The molecule has 5 heteroatoms. The van der Waals surface area contributed by atoms with Crippen molar-refractivity contribution in [2.75, 3.05) is 39.8 Å². The number of likely N-dealkylation sites (N-methyl/N-ethyl adjacent to an activating group) is 1. The maximum atomic E-state index is 12.7. The van der Waals surface area contributed by atoms with Crippen molar-refractivity contribution in [1.82, 2.24) is 15.1 Å². The van der Waals surface area contributed by atoms with Gasteiger partial charge in [-0.1, -0.05) is 42.5 Å². The monoisotopic (exact) mass is 337 g/mol. The van der Waals surface area contributed by atoms with Gasteiger partial charge in [-0.3, -0.25) is 14.5 Å². The topological polar surface area (TPSA) is 52.7 Å². The van der Waals surface area contributed by atoms with Crippen LogP contribution >= 0.6 is 0 Å². The first-order valence-corrected chi connectivity index (χ1v) is 8.55. The third-order valence-corrected chi connectivity index (χ3v) is 4.54. The van der Waals surface area contributed by atoms with E-state index in [2.05, 4.69) is 22.3 Å². The van der Waals surface area contributed by atoms with E-state index in [-0.39, 0.29) is 11.8 Å². The van der Waals surface area contributed by atoms with Crippen molar-refractivity contribution in [2.24, 2.45) is 0 Å².